The molecule has 0 aliphatic rings. The molecule has 0 fully saturated rings. The van der Waals surface area contributed by atoms with Gasteiger partial charge in [-0.2, -0.15) is 17.9 Å². The molecule has 0 saturated carbocycles. The highest BCUT2D eigenvalue weighted by molar-refractivity contribution is 7.94. The molecule has 0 spiro atoms. The van der Waals surface area contributed by atoms with Crippen molar-refractivity contribution in [2.45, 2.75) is 72.2 Å². The highest BCUT2D eigenvalue weighted by atomic mass is 35.5. The molecular formula is C35H47Cl2F4N6O10PS2. The van der Waals surface area contributed by atoms with Gasteiger partial charge in [0.05, 0.1) is 53.4 Å². The molecule has 2 aromatic carbocycles. The van der Waals surface area contributed by atoms with Crippen LogP contribution < -0.4 is 30.3 Å². The summed E-state index contributed by atoms with van der Waals surface area (Å²) in [4.78, 5) is 53.5. The van der Waals surface area contributed by atoms with Crippen LogP contribution in [0.5, 0.6) is 10.9 Å². The molecule has 2 aromatic heterocycles. The largest absolute Gasteiger partial charge is 0.778 e. The van der Waals surface area contributed by atoms with Crippen molar-refractivity contribution in [3.8, 4) is 16.6 Å². The number of carbonyl (C=O) groups excluding carboxylic acids is 1. The van der Waals surface area contributed by atoms with E-state index in [1.165, 1.54) is 35.2 Å². The van der Waals surface area contributed by atoms with E-state index in [1.54, 1.807) is 19.9 Å². The number of nitrogens with one attached hydrogen (secondary N) is 1. The molecule has 1 atom stereocenters. The fourth-order valence-electron chi connectivity index (χ4n) is 3.97. The summed E-state index contributed by atoms with van der Waals surface area (Å²) in [7, 11) is -3.71. The number of hydrogen-bond acceptors (Lipinski definition) is 13. The molecule has 336 valence electrons. The molecule has 1 unspecified atom stereocenters. The van der Waals surface area contributed by atoms with E-state index >= 15 is 0 Å². The molecule has 60 heavy (non-hydrogen) atoms. The summed E-state index contributed by atoms with van der Waals surface area (Å²) in [5.74, 6) is -1.96. The van der Waals surface area contributed by atoms with E-state index in [4.69, 9.17) is 47.1 Å². The van der Waals surface area contributed by atoms with Crippen LogP contribution in [0.1, 0.15) is 59.4 Å². The Morgan fingerprint density at radius 3 is 2.07 bits per heavy atom. The molecule has 0 bridgehead atoms. The third kappa shape index (κ3) is 20.2. The lowest BCUT2D eigenvalue weighted by Crippen LogP contribution is -2.40. The number of aromatic nitrogens is 4. The van der Waals surface area contributed by atoms with Crippen molar-refractivity contribution in [2.75, 3.05) is 43.1 Å². The minimum absolute atomic E-state index is 0.0642. The minimum atomic E-state index is -4.61. The van der Waals surface area contributed by atoms with E-state index in [1.807, 2.05) is 39.9 Å². The van der Waals surface area contributed by atoms with Gasteiger partial charge in [-0.15, -0.1) is 10.2 Å². The predicted octanol–water partition coefficient (Wildman–Crippen LogP) is 6.39. The van der Waals surface area contributed by atoms with Crippen LogP contribution in [0.3, 0.4) is 0 Å². The first-order chi connectivity index (χ1) is 27.4. The molecule has 1 amide bonds. The van der Waals surface area contributed by atoms with E-state index in [9.17, 15) is 41.4 Å². The molecule has 0 saturated heterocycles. The quantitative estimate of drug-likeness (QED) is 0.0796. The topological polar surface area (TPSA) is 222 Å². The fraction of sp³-hybridized carbons (Fsp3) is 0.486. The van der Waals surface area contributed by atoms with Gasteiger partial charge >= 0.3 is 17.9 Å². The van der Waals surface area contributed by atoms with Gasteiger partial charge in [0.2, 0.25) is 10.9 Å². The molecule has 0 radical (unpaired) electrons. The molecule has 4 rings (SSSR count). The van der Waals surface area contributed by atoms with Gasteiger partial charge < -0.3 is 38.2 Å². The predicted molar refractivity (Wildman–Crippen MR) is 221 cm³/mol. The summed E-state index contributed by atoms with van der Waals surface area (Å²) in [5.41, 5.74) is 0.430. The van der Waals surface area contributed by atoms with Crippen molar-refractivity contribution in [2.24, 2.45) is 0 Å². The molecule has 0 aliphatic carbocycles. The molecule has 16 nitrogen and oxygen atoms in total. The summed E-state index contributed by atoms with van der Waals surface area (Å²) in [6, 6.07) is 8.12. The third-order valence-electron chi connectivity index (χ3n) is 6.23. The van der Waals surface area contributed by atoms with Gasteiger partial charge in [0.15, 0.2) is 6.61 Å². The molecule has 3 N–H and O–H groups in total. The van der Waals surface area contributed by atoms with Crippen LogP contribution in [0.15, 0.2) is 45.6 Å². The molecular weight excluding hydrogens is 906 g/mol. The number of ether oxygens (including phenoxy) is 2. The number of amides is 1. The smallest absolute Gasteiger partial charge is 0.445 e. The van der Waals surface area contributed by atoms with Crippen LogP contribution in [0.4, 0.5) is 23.2 Å². The lowest BCUT2D eigenvalue weighted by atomic mass is 9.97. The molecule has 2 heterocycles. The first-order valence-electron chi connectivity index (χ1n) is 17.2. The number of rotatable bonds is 12. The summed E-state index contributed by atoms with van der Waals surface area (Å²) in [6.45, 7) is 12.0. The zero-order chi connectivity index (χ0) is 46.3. The Morgan fingerprint density at radius 2 is 1.63 bits per heavy atom. The SMILES string of the molecule is CC(C)N(C(=O)COc1nnc(C(F)(F)F)s1)c1ccc(F)cc1.CC(C)Oc1cc(-n2nc(C(C)(C)C)oc2=O)c(Cl)cc1Cl.C[S+](C)C.O=C(O)CNCP(=O)([O-])O. The maximum absolute atomic E-state index is 13.0. The molecule has 25 heteroatoms. The van der Waals surface area contributed by atoms with Crippen molar-refractivity contribution in [3.05, 3.63) is 73.7 Å². The maximum atomic E-state index is 13.0. The number of nitrogens with zero attached hydrogens (tertiary/aromatic N) is 5. The lowest BCUT2D eigenvalue weighted by molar-refractivity contribution is -0.193. The number of aliphatic carboxylic acids is 1. The van der Waals surface area contributed by atoms with Gasteiger partial charge in [-0.1, -0.05) is 60.4 Å². The van der Waals surface area contributed by atoms with E-state index in [0.29, 0.717) is 38.9 Å². The van der Waals surface area contributed by atoms with Gasteiger partial charge in [-0.3, -0.25) is 14.9 Å². The maximum Gasteiger partial charge on any atom is 0.445 e. The zero-order valence-corrected chi connectivity index (χ0v) is 38.2. The van der Waals surface area contributed by atoms with Gasteiger partial charge in [0.1, 0.15) is 19.2 Å². The van der Waals surface area contributed by atoms with E-state index < -0.39 is 61.7 Å². The number of alkyl halides is 3. The summed E-state index contributed by atoms with van der Waals surface area (Å²) in [5, 5.41) is 19.6. The number of hydrogen-bond donors (Lipinski definition) is 3. The number of benzene rings is 2. The van der Waals surface area contributed by atoms with Crippen molar-refractivity contribution in [1.29, 1.82) is 0 Å². The van der Waals surface area contributed by atoms with Crippen LogP contribution in [-0.2, 0) is 36.6 Å². The Morgan fingerprint density at radius 1 is 1.07 bits per heavy atom. The Balaban J connectivity index is 0.000000460. The van der Waals surface area contributed by atoms with Crippen LogP contribution >= 0.6 is 42.1 Å². The number of carboxylic acids is 1. The summed E-state index contributed by atoms with van der Waals surface area (Å²) in [6.07, 6.45) is 1.20. The molecule has 0 aliphatic heterocycles. The first kappa shape index (κ1) is 54.3. The summed E-state index contributed by atoms with van der Waals surface area (Å²) < 4.78 is 77.2. The van der Waals surface area contributed by atoms with Crippen LogP contribution in [0, 0.1) is 5.82 Å². The monoisotopic (exact) mass is 952 g/mol. The normalized spacial score (nSPS) is 12.3. The van der Waals surface area contributed by atoms with E-state index in [-0.39, 0.29) is 39.1 Å². The number of anilines is 1. The number of carboxylic acid groups (broad SMARTS) is 1. The van der Waals surface area contributed by atoms with Gasteiger partial charge in [0, 0.05) is 23.2 Å². The first-order valence-corrected chi connectivity index (χ1v) is 23.0. The van der Waals surface area contributed by atoms with Crippen LogP contribution in [0.2, 0.25) is 10.0 Å². The lowest BCUT2D eigenvalue weighted by Gasteiger charge is -2.26. The van der Waals surface area contributed by atoms with Crippen molar-refractivity contribution in [3.63, 3.8) is 0 Å². The third-order valence-corrected chi connectivity index (χ3v) is 8.33. The van der Waals surface area contributed by atoms with Gasteiger partial charge in [-0.05, 0) is 68.9 Å². The second kappa shape index (κ2) is 24.0. The van der Waals surface area contributed by atoms with Crippen molar-refractivity contribution < 1.29 is 60.5 Å². The number of carbonyl (C=O) groups is 2. The highest BCUT2D eigenvalue weighted by Crippen LogP contribution is 2.35. The van der Waals surface area contributed by atoms with Crippen LogP contribution in [-0.4, -0.2) is 92.2 Å². The second-order valence-electron chi connectivity index (χ2n) is 14.1. The minimum Gasteiger partial charge on any atom is -0.778 e. The fourth-order valence-corrected chi connectivity index (χ4v) is 5.43. The van der Waals surface area contributed by atoms with Crippen molar-refractivity contribution >= 4 is 70.6 Å². The Bertz CT molecular complexity index is 2090. The average molecular weight is 954 g/mol. The highest BCUT2D eigenvalue weighted by Gasteiger charge is 2.36. The molecule has 4 aromatic rings. The number of halogens is 6. The Hall–Kier alpha value is -3.76. The Kier molecular flexibility index (Phi) is 21.7. The second-order valence-corrected chi connectivity index (χ2v) is 19.9. The van der Waals surface area contributed by atoms with Crippen molar-refractivity contribution in [1.82, 2.24) is 25.3 Å². The van der Waals surface area contributed by atoms with Crippen LogP contribution in [0.25, 0.3) is 5.69 Å². The standard InChI is InChI=1S/C15H18Cl2N2O3.C14H13F4N3O2S.C3H8NO5P.C3H9S/c1-8(2)21-12-7-11(9(16)6-10(12)17)19-14(20)22-13(18-19)15(3,4)5;1-8(2)21(10-5-3-9(15)4-6-10)11(22)7-23-13-20-19-12(24-13)14(16,17)18;5-3(6)1-4-2-10(7,8)9;1-4(2)3/h6-8H,1-5H3;3-6,8H,7H2,1-2H3;4H,1-2H2,(H,5,6)(H2,7,8,9);1-3H3/q;;;+1/p-1. The van der Waals surface area contributed by atoms with Gasteiger partial charge in [-0.25, -0.2) is 9.18 Å². The van der Waals surface area contributed by atoms with E-state index in [2.05, 4.69) is 34.1 Å². The van der Waals surface area contributed by atoms with E-state index in [0.717, 1.165) is 4.68 Å². The zero-order valence-electron chi connectivity index (χ0n) is 34.2. The Labute approximate surface area is 360 Å². The van der Waals surface area contributed by atoms with Gasteiger partial charge in [0.25, 0.3) is 11.1 Å². The average Bonchev–Trinajstić information content (AvgIpc) is 3.73. The summed E-state index contributed by atoms with van der Waals surface area (Å²) >= 11 is 12.5.